The average Bonchev–Trinajstić information content (AvgIpc) is 2.90. The smallest absolute Gasteiger partial charge is 0.0457 e. The number of benzene rings is 1. The standard InChI is InChI=1S/C13H10ClNS/c14-10-3-4-13-12(7-10)9(8-15-13)6-11-2-1-5-16-11/h1-5,7-8,15H,6H2. The number of aromatic amines is 1. The van der Waals surface area contributed by atoms with E-state index in [0.717, 1.165) is 17.0 Å². The molecule has 0 aliphatic rings. The van der Waals surface area contributed by atoms with Crippen LogP contribution < -0.4 is 0 Å². The lowest BCUT2D eigenvalue weighted by Crippen LogP contribution is -1.81. The van der Waals surface area contributed by atoms with Crippen molar-refractivity contribution in [2.24, 2.45) is 0 Å². The summed E-state index contributed by atoms with van der Waals surface area (Å²) >= 11 is 7.81. The fourth-order valence-electron chi connectivity index (χ4n) is 1.90. The molecule has 0 aliphatic carbocycles. The van der Waals surface area contributed by atoms with Crippen molar-refractivity contribution in [2.45, 2.75) is 6.42 Å². The molecule has 2 aromatic heterocycles. The maximum absolute atomic E-state index is 6.02. The normalized spacial score (nSPS) is 11.1. The molecule has 0 radical (unpaired) electrons. The Morgan fingerprint density at radius 2 is 2.19 bits per heavy atom. The Morgan fingerprint density at radius 1 is 1.25 bits per heavy atom. The molecule has 0 unspecified atom stereocenters. The third kappa shape index (κ3) is 1.75. The van der Waals surface area contributed by atoms with Crippen molar-refractivity contribution in [3.05, 3.63) is 57.4 Å². The number of halogens is 1. The maximum Gasteiger partial charge on any atom is 0.0457 e. The van der Waals surface area contributed by atoms with Crippen LogP contribution >= 0.6 is 22.9 Å². The first kappa shape index (κ1) is 9.94. The molecule has 0 saturated carbocycles. The Hall–Kier alpha value is -1.25. The minimum absolute atomic E-state index is 0.791. The zero-order valence-corrected chi connectivity index (χ0v) is 10.1. The van der Waals surface area contributed by atoms with Crippen LogP contribution in [0.15, 0.2) is 41.9 Å². The topological polar surface area (TPSA) is 15.8 Å². The van der Waals surface area contributed by atoms with E-state index in [2.05, 4.69) is 28.7 Å². The zero-order valence-electron chi connectivity index (χ0n) is 8.53. The highest BCUT2D eigenvalue weighted by atomic mass is 35.5. The van der Waals surface area contributed by atoms with Crippen LogP contribution in [-0.4, -0.2) is 4.98 Å². The maximum atomic E-state index is 6.02. The van der Waals surface area contributed by atoms with Crippen molar-refractivity contribution in [1.82, 2.24) is 4.98 Å². The Morgan fingerprint density at radius 3 is 3.00 bits per heavy atom. The first-order valence-electron chi connectivity index (χ1n) is 5.11. The van der Waals surface area contributed by atoms with E-state index in [4.69, 9.17) is 11.6 Å². The predicted octanol–water partition coefficient (Wildman–Crippen LogP) is 4.47. The van der Waals surface area contributed by atoms with Gasteiger partial charge in [-0.2, -0.15) is 0 Å². The number of nitrogens with one attached hydrogen (secondary N) is 1. The van der Waals surface area contributed by atoms with Gasteiger partial charge in [0.1, 0.15) is 0 Å². The summed E-state index contributed by atoms with van der Waals surface area (Å²) in [4.78, 5) is 4.65. The fraction of sp³-hybridized carbons (Fsp3) is 0.0769. The first-order chi connectivity index (χ1) is 7.83. The monoisotopic (exact) mass is 247 g/mol. The van der Waals surface area contributed by atoms with Crippen LogP contribution in [0.2, 0.25) is 5.02 Å². The summed E-state index contributed by atoms with van der Waals surface area (Å²) < 4.78 is 0. The molecule has 80 valence electrons. The molecule has 0 saturated heterocycles. The van der Waals surface area contributed by atoms with Gasteiger partial charge in [-0.15, -0.1) is 11.3 Å². The van der Waals surface area contributed by atoms with Gasteiger partial charge in [-0.25, -0.2) is 0 Å². The molecule has 3 heteroatoms. The second-order valence-corrected chi connectivity index (χ2v) is 5.23. The van der Waals surface area contributed by atoms with Crippen LogP contribution in [0.5, 0.6) is 0 Å². The molecule has 1 nitrogen and oxygen atoms in total. The van der Waals surface area contributed by atoms with E-state index in [1.165, 1.54) is 15.8 Å². The van der Waals surface area contributed by atoms with E-state index < -0.39 is 0 Å². The third-order valence-electron chi connectivity index (χ3n) is 2.67. The lowest BCUT2D eigenvalue weighted by Gasteiger charge is -1.97. The van der Waals surface area contributed by atoms with Crippen molar-refractivity contribution in [3.8, 4) is 0 Å². The van der Waals surface area contributed by atoms with Crippen LogP contribution in [-0.2, 0) is 6.42 Å². The number of rotatable bonds is 2. The van der Waals surface area contributed by atoms with Gasteiger partial charge in [-0.05, 0) is 35.2 Å². The minimum Gasteiger partial charge on any atom is -0.361 e. The molecule has 0 fully saturated rings. The van der Waals surface area contributed by atoms with E-state index in [1.807, 2.05) is 18.2 Å². The molecule has 1 aromatic carbocycles. The molecule has 0 spiro atoms. The van der Waals surface area contributed by atoms with Gasteiger partial charge in [0, 0.05) is 33.4 Å². The minimum atomic E-state index is 0.791. The molecule has 0 bridgehead atoms. The summed E-state index contributed by atoms with van der Waals surface area (Å²) in [5.74, 6) is 0. The summed E-state index contributed by atoms with van der Waals surface area (Å²) in [5.41, 5.74) is 2.45. The molecule has 16 heavy (non-hydrogen) atoms. The highest BCUT2D eigenvalue weighted by Crippen LogP contribution is 2.25. The van der Waals surface area contributed by atoms with Gasteiger partial charge >= 0.3 is 0 Å². The van der Waals surface area contributed by atoms with Gasteiger partial charge in [-0.1, -0.05) is 17.7 Å². The number of thiophene rings is 1. The highest BCUT2D eigenvalue weighted by molar-refractivity contribution is 7.09. The lowest BCUT2D eigenvalue weighted by molar-refractivity contribution is 1.26. The molecule has 2 heterocycles. The lowest BCUT2D eigenvalue weighted by atomic mass is 10.1. The van der Waals surface area contributed by atoms with Crippen LogP contribution in [0.4, 0.5) is 0 Å². The molecule has 0 atom stereocenters. The highest BCUT2D eigenvalue weighted by Gasteiger charge is 2.05. The van der Waals surface area contributed by atoms with Crippen LogP contribution in [0.25, 0.3) is 10.9 Å². The van der Waals surface area contributed by atoms with E-state index in [-0.39, 0.29) is 0 Å². The van der Waals surface area contributed by atoms with E-state index in [1.54, 1.807) is 11.3 Å². The van der Waals surface area contributed by atoms with Gasteiger partial charge in [0.15, 0.2) is 0 Å². The fourth-order valence-corrected chi connectivity index (χ4v) is 2.80. The van der Waals surface area contributed by atoms with Crippen molar-refractivity contribution in [3.63, 3.8) is 0 Å². The van der Waals surface area contributed by atoms with Gasteiger partial charge in [0.2, 0.25) is 0 Å². The Bertz CT molecular complexity index is 610. The summed E-state index contributed by atoms with van der Waals surface area (Å²) in [7, 11) is 0. The van der Waals surface area contributed by atoms with E-state index in [0.29, 0.717) is 0 Å². The van der Waals surface area contributed by atoms with Crippen LogP contribution in [0.1, 0.15) is 10.4 Å². The van der Waals surface area contributed by atoms with Gasteiger partial charge in [0.25, 0.3) is 0 Å². The number of hydrogen-bond donors (Lipinski definition) is 1. The molecule has 1 N–H and O–H groups in total. The molecule has 3 rings (SSSR count). The predicted molar refractivity (Wildman–Crippen MR) is 70.4 cm³/mol. The van der Waals surface area contributed by atoms with Crippen molar-refractivity contribution in [1.29, 1.82) is 0 Å². The molecule has 0 aliphatic heterocycles. The largest absolute Gasteiger partial charge is 0.361 e. The molecule has 0 amide bonds. The first-order valence-corrected chi connectivity index (χ1v) is 6.36. The number of fused-ring (bicyclic) bond motifs is 1. The average molecular weight is 248 g/mol. The van der Waals surface area contributed by atoms with Gasteiger partial charge in [-0.3, -0.25) is 0 Å². The molecule has 3 aromatic rings. The quantitative estimate of drug-likeness (QED) is 0.688. The summed E-state index contributed by atoms with van der Waals surface area (Å²) in [6.07, 6.45) is 3.04. The van der Waals surface area contributed by atoms with E-state index in [9.17, 15) is 0 Å². The zero-order chi connectivity index (χ0) is 11.0. The third-order valence-corrected chi connectivity index (χ3v) is 3.79. The van der Waals surface area contributed by atoms with Gasteiger partial charge in [0.05, 0.1) is 0 Å². The molecular formula is C13H10ClNS. The van der Waals surface area contributed by atoms with Gasteiger partial charge < -0.3 is 4.98 Å². The van der Waals surface area contributed by atoms with Crippen molar-refractivity contribution >= 4 is 33.8 Å². The van der Waals surface area contributed by atoms with E-state index >= 15 is 0 Å². The summed E-state index contributed by atoms with van der Waals surface area (Å²) in [5, 5.41) is 4.12. The Labute approximate surface area is 103 Å². The van der Waals surface area contributed by atoms with Crippen LogP contribution in [0.3, 0.4) is 0 Å². The Balaban J connectivity index is 2.07. The number of hydrogen-bond acceptors (Lipinski definition) is 1. The second-order valence-electron chi connectivity index (χ2n) is 3.76. The second kappa shape index (κ2) is 3.96. The SMILES string of the molecule is Clc1ccc2[nH]cc(Cc3cccs3)c2c1. The summed E-state index contributed by atoms with van der Waals surface area (Å²) in [6, 6.07) is 10.2. The van der Waals surface area contributed by atoms with Crippen molar-refractivity contribution in [2.75, 3.05) is 0 Å². The Kier molecular flexibility index (Phi) is 2.46. The summed E-state index contributed by atoms with van der Waals surface area (Å²) in [6.45, 7) is 0. The van der Waals surface area contributed by atoms with Crippen molar-refractivity contribution < 1.29 is 0 Å². The number of H-pyrrole nitrogens is 1. The van der Waals surface area contributed by atoms with Crippen LogP contribution in [0, 0.1) is 0 Å². The number of aromatic nitrogens is 1. The molecular weight excluding hydrogens is 238 g/mol.